The van der Waals surface area contributed by atoms with Crippen molar-refractivity contribution >= 4 is 22.5 Å². The Morgan fingerprint density at radius 1 is 1.00 bits per heavy atom. The van der Waals surface area contributed by atoms with Crippen LogP contribution in [0, 0.1) is 5.82 Å². The summed E-state index contributed by atoms with van der Waals surface area (Å²) in [6.45, 7) is 0. The average Bonchev–Trinajstić information content (AvgIpc) is 3.35. The van der Waals surface area contributed by atoms with Crippen molar-refractivity contribution in [2.45, 2.75) is 18.5 Å². The van der Waals surface area contributed by atoms with Crippen molar-refractivity contribution in [1.29, 1.82) is 0 Å². The number of likely N-dealkylation sites (N-methyl/N-ethyl adjacent to an activating group) is 1. The molecule has 0 saturated carbocycles. The summed E-state index contributed by atoms with van der Waals surface area (Å²) < 4.78 is 15.0. The van der Waals surface area contributed by atoms with E-state index in [1.807, 2.05) is 48.3 Å². The van der Waals surface area contributed by atoms with Crippen LogP contribution in [-0.2, 0) is 4.79 Å². The van der Waals surface area contributed by atoms with Gasteiger partial charge in [0.2, 0.25) is 5.91 Å². The molecule has 0 aliphatic carbocycles. The van der Waals surface area contributed by atoms with Crippen molar-refractivity contribution < 1.29 is 9.18 Å². The molecule has 1 amide bonds. The molecule has 0 unspecified atom stereocenters. The molecule has 0 bridgehead atoms. The second-order valence-corrected chi connectivity index (χ2v) is 7.49. The fourth-order valence-corrected chi connectivity index (χ4v) is 4.29. The summed E-state index contributed by atoms with van der Waals surface area (Å²) in [7, 11) is 1.90. The van der Waals surface area contributed by atoms with Crippen molar-refractivity contribution in [2.24, 2.45) is 0 Å². The molecule has 5 nitrogen and oxygen atoms in total. The second-order valence-electron chi connectivity index (χ2n) is 7.49. The number of carbonyl (C=O) groups is 1. The third kappa shape index (κ3) is 3.06. The first-order valence-electron chi connectivity index (χ1n) is 9.94. The van der Waals surface area contributed by atoms with Gasteiger partial charge in [0.25, 0.3) is 0 Å². The van der Waals surface area contributed by atoms with E-state index in [1.165, 1.54) is 12.1 Å². The summed E-state index contributed by atoms with van der Waals surface area (Å²) in [5, 5.41) is 8.69. The number of hydrogen-bond acceptors (Lipinski definition) is 3. The largest absolute Gasteiger partial charge is 0.314 e. The predicted molar refractivity (Wildman–Crippen MR) is 115 cm³/mol. The first kappa shape index (κ1) is 18.5. The van der Waals surface area contributed by atoms with Gasteiger partial charge in [-0.05, 0) is 55.1 Å². The molecule has 2 atom stereocenters. The van der Waals surface area contributed by atoms with Gasteiger partial charge in [-0.25, -0.2) is 9.07 Å². The quantitative estimate of drug-likeness (QED) is 0.558. The molecule has 0 radical (unpaired) electrons. The van der Waals surface area contributed by atoms with Crippen LogP contribution in [-0.4, -0.2) is 28.8 Å². The van der Waals surface area contributed by atoms with Crippen molar-refractivity contribution in [2.75, 3.05) is 11.9 Å². The Hall–Kier alpha value is -3.51. The SMILES string of the molecule is CN[C@H]1CC(=O)N(c2ccc3c(cnn3-c3ccc(F)cc3)c2)[C@@H]1c1ccccc1. The molecule has 2 heterocycles. The Morgan fingerprint density at radius 3 is 2.47 bits per heavy atom. The van der Waals surface area contributed by atoms with Crippen LogP contribution in [0.4, 0.5) is 10.1 Å². The minimum atomic E-state index is -0.281. The molecule has 1 aliphatic heterocycles. The number of nitrogens with zero attached hydrogens (tertiary/aromatic N) is 3. The molecule has 1 aliphatic rings. The molecular formula is C24H21FN4O. The van der Waals surface area contributed by atoms with Gasteiger partial charge in [-0.15, -0.1) is 0 Å². The molecule has 4 aromatic rings. The standard InChI is InChI=1S/C24H21FN4O/c1-26-21-14-23(30)28(24(21)16-5-3-2-4-6-16)20-11-12-22-17(13-20)15-27-29(22)19-9-7-18(25)8-10-19/h2-13,15,21,24,26H,14H2,1H3/t21-,24+/m0/s1. The first-order chi connectivity index (χ1) is 14.7. The van der Waals surface area contributed by atoms with E-state index in [1.54, 1.807) is 23.0 Å². The minimum Gasteiger partial charge on any atom is -0.314 e. The smallest absolute Gasteiger partial charge is 0.229 e. The molecule has 1 fully saturated rings. The van der Waals surface area contributed by atoms with Crippen molar-refractivity contribution in [1.82, 2.24) is 15.1 Å². The van der Waals surface area contributed by atoms with E-state index in [-0.39, 0.29) is 23.8 Å². The Labute approximate surface area is 173 Å². The zero-order chi connectivity index (χ0) is 20.7. The van der Waals surface area contributed by atoms with Crippen LogP contribution in [0.15, 0.2) is 79.0 Å². The number of carbonyl (C=O) groups excluding carboxylic acids is 1. The first-order valence-corrected chi connectivity index (χ1v) is 9.94. The number of amides is 1. The number of anilines is 1. The lowest BCUT2D eigenvalue weighted by molar-refractivity contribution is -0.117. The normalized spacial score (nSPS) is 19.0. The van der Waals surface area contributed by atoms with E-state index in [2.05, 4.69) is 22.5 Å². The fourth-order valence-electron chi connectivity index (χ4n) is 4.29. The van der Waals surface area contributed by atoms with E-state index >= 15 is 0 Å². The van der Waals surface area contributed by atoms with Gasteiger partial charge in [-0.2, -0.15) is 5.10 Å². The molecular weight excluding hydrogens is 379 g/mol. The third-order valence-corrected chi connectivity index (χ3v) is 5.74. The van der Waals surface area contributed by atoms with Crippen LogP contribution in [0.5, 0.6) is 0 Å². The van der Waals surface area contributed by atoms with Gasteiger partial charge in [0, 0.05) is 23.5 Å². The van der Waals surface area contributed by atoms with Gasteiger partial charge < -0.3 is 10.2 Å². The highest BCUT2D eigenvalue weighted by Crippen LogP contribution is 2.38. The number of halogens is 1. The summed E-state index contributed by atoms with van der Waals surface area (Å²) in [5.74, 6) is -0.190. The van der Waals surface area contributed by atoms with Gasteiger partial charge in [0.1, 0.15) is 5.82 Å². The van der Waals surface area contributed by atoms with Gasteiger partial charge >= 0.3 is 0 Å². The Bertz CT molecular complexity index is 1200. The van der Waals surface area contributed by atoms with Gasteiger partial charge in [0.15, 0.2) is 0 Å². The monoisotopic (exact) mass is 400 g/mol. The zero-order valence-electron chi connectivity index (χ0n) is 16.5. The Balaban J connectivity index is 1.56. The summed E-state index contributed by atoms with van der Waals surface area (Å²) >= 11 is 0. The molecule has 1 aromatic heterocycles. The summed E-state index contributed by atoms with van der Waals surface area (Å²) in [6, 6.07) is 22.2. The lowest BCUT2D eigenvalue weighted by Crippen LogP contribution is -2.34. The molecule has 0 spiro atoms. The highest BCUT2D eigenvalue weighted by atomic mass is 19.1. The van der Waals surface area contributed by atoms with Crippen molar-refractivity contribution in [3.8, 4) is 5.69 Å². The zero-order valence-corrected chi connectivity index (χ0v) is 16.5. The van der Waals surface area contributed by atoms with Crippen LogP contribution in [0.25, 0.3) is 16.6 Å². The Kier molecular flexibility index (Phi) is 4.56. The molecule has 5 rings (SSSR count). The average molecular weight is 400 g/mol. The summed E-state index contributed by atoms with van der Waals surface area (Å²) in [5.41, 5.74) is 3.63. The summed E-state index contributed by atoms with van der Waals surface area (Å²) in [6.07, 6.45) is 2.22. The number of hydrogen-bond donors (Lipinski definition) is 1. The van der Waals surface area contributed by atoms with Crippen LogP contribution in [0.3, 0.4) is 0 Å². The van der Waals surface area contributed by atoms with E-state index in [0.29, 0.717) is 6.42 Å². The fraction of sp³-hybridized carbons (Fsp3) is 0.167. The van der Waals surface area contributed by atoms with Crippen molar-refractivity contribution in [3.05, 3.63) is 90.4 Å². The second kappa shape index (κ2) is 7.39. The molecule has 3 aromatic carbocycles. The Morgan fingerprint density at radius 2 is 1.73 bits per heavy atom. The molecule has 1 saturated heterocycles. The van der Waals surface area contributed by atoms with Crippen LogP contribution >= 0.6 is 0 Å². The lowest BCUT2D eigenvalue weighted by Gasteiger charge is -2.28. The van der Waals surface area contributed by atoms with E-state index in [4.69, 9.17) is 0 Å². The topological polar surface area (TPSA) is 50.2 Å². The van der Waals surface area contributed by atoms with E-state index in [9.17, 15) is 9.18 Å². The number of rotatable bonds is 4. The maximum absolute atomic E-state index is 13.3. The predicted octanol–water partition coefficient (Wildman–Crippen LogP) is 4.23. The maximum Gasteiger partial charge on any atom is 0.229 e. The molecule has 6 heteroatoms. The van der Waals surface area contributed by atoms with Crippen LogP contribution < -0.4 is 10.2 Å². The van der Waals surface area contributed by atoms with Gasteiger partial charge in [-0.3, -0.25) is 4.79 Å². The lowest BCUT2D eigenvalue weighted by atomic mass is 10.00. The number of aromatic nitrogens is 2. The van der Waals surface area contributed by atoms with Crippen LogP contribution in [0.2, 0.25) is 0 Å². The van der Waals surface area contributed by atoms with Crippen LogP contribution in [0.1, 0.15) is 18.0 Å². The number of nitrogens with one attached hydrogen (secondary N) is 1. The molecule has 30 heavy (non-hydrogen) atoms. The highest BCUT2D eigenvalue weighted by molar-refractivity contribution is 5.99. The third-order valence-electron chi connectivity index (χ3n) is 5.74. The van der Waals surface area contributed by atoms with E-state index in [0.717, 1.165) is 27.8 Å². The molecule has 150 valence electrons. The highest BCUT2D eigenvalue weighted by Gasteiger charge is 2.40. The minimum absolute atomic E-state index is 0.0394. The van der Waals surface area contributed by atoms with Crippen molar-refractivity contribution in [3.63, 3.8) is 0 Å². The maximum atomic E-state index is 13.3. The summed E-state index contributed by atoms with van der Waals surface area (Å²) in [4.78, 5) is 14.8. The van der Waals surface area contributed by atoms with Gasteiger partial charge in [-0.1, -0.05) is 30.3 Å². The number of fused-ring (bicyclic) bond motifs is 1. The number of benzene rings is 3. The van der Waals surface area contributed by atoms with E-state index < -0.39 is 0 Å². The van der Waals surface area contributed by atoms with Gasteiger partial charge in [0.05, 0.1) is 23.4 Å². The molecule has 1 N–H and O–H groups in total.